The molecule has 0 N–H and O–H groups in total. The molecule has 0 aliphatic carbocycles. The molecule has 1 aromatic rings. The van der Waals surface area contributed by atoms with Crippen molar-refractivity contribution in [3.8, 4) is 5.75 Å². The lowest BCUT2D eigenvalue weighted by Crippen LogP contribution is -2.25. The lowest BCUT2D eigenvalue weighted by Gasteiger charge is -2.17. The summed E-state index contributed by atoms with van der Waals surface area (Å²) in [5.41, 5.74) is 2.08. The number of hydrogen-bond donors (Lipinski definition) is 0. The molecule has 1 aromatic carbocycles. The van der Waals surface area contributed by atoms with Crippen LogP contribution in [0, 0.1) is 0 Å². The van der Waals surface area contributed by atoms with Crippen molar-refractivity contribution in [1.29, 1.82) is 0 Å². The molecular formula is C12H14BrNO2. The quantitative estimate of drug-likeness (QED) is 0.780. The number of fused-ring (bicyclic) bond motifs is 1. The molecule has 0 aromatic heterocycles. The number of amides is 1. The van der Waals surface area contributed by atoms with Crippen molar-refractivity contribution < 1.29 is 9.53 Å². The van der Waals surface area contributed by atoms with Gasteiger partial charge < -0.3 is 9.64 Å². The lowest BCUT2D eigenvalue weighted by atomic mass is 10.1. The first kappa shape index (κ1) is 11.5. The van der Waals surface area contributed by atoms with E-state index in [1.807, 2.05) is 18.2 Å². The van der Waals surface area contributed by atoms with Crippen molar-refractivity contribution in [3.05, 3.63) is 23.8 Å². The summed E-state index contributed by atoms with van der Waals surface area (Å²) >= 11 is 3.41. The van der Waals surface area contributed by atoms with Gasteiger partial charge in [-0.05, 0) is 24.1 Å². The van der Waals surface area contributed by atoms with Gasteiger partial charge in [0.15, 0.2) is 0 Å². The van der Waals surface area contributed by atoms with Gasteiger partial charge >= 0.3 is 0 Å². The molecule has 0 unspecified atom stereocenters. The van der Waals surface area contributed by atoms with Gasteiger partial charge in [-0.25, -0.2) is 0 Å². The Balaban J connectivity index is 2.38. The van der Waals surface area contributed by atoms with Crippen LogP contribution >= 0.6 is 15.9 Å². The molecule has 0 bridgehead atoms. The molecular weight excluding hydrogens is 270 g/mol. The van der Waals surface area contributed by atoms with Gasteiger partial charge in [-0.2, -0.15) is 0 Å². The topological polar surface area (TPSA) is 29.5 Å². The van der Waals surface area contributed by atoms with Crippen LogP contribution in [0.2, 0.25) is 0 Å². The van der Waals surface area contributed by atoms with Gasteiger partial charge in [0.1, 0.15) is 5.75 Å². The molecule has 3 nitrogen and oxygen atoms in total. The fourth-order valence-corrected chi connectivity index (χ4v) is 2.22. The predicted molar refractivity (Wildman–Crippen MR) is 67.5 cm³/mol. The number of hydrogen-bond acceptors (Lipinski definition) is 2. The van der Waals surface area contributed by atoms with Crippen LogP contribution in [0.5, 0.6) is 5.75 Å². The Labute approximate surface area is 104 Å². The minimum Gasteiger partial charge on any atom is -0.491 e. The minimum absolute atomic E-state index is 0.106. The average Bonchev–Trinajstić information content (AvgIpc) is 2.42. The van der Waals surface area contributed by atoms with E-state index in [-0.39, 0.29) is 5.91 Å². The normalized spacial score (nSPS) is 15.4. The molecule has 0 saturated heterocycles. The zero-order valence-corrected chi connectivity index (χ0v) is 10.8. The van der Waals surface area contributed by atoms with E-state index >= 15 is 0 Å². The zero-order chi connectivity index (χ0) is 11.5. The van der Waals surface area contributed by atoms with Crippen LogP contribution in [0.15, 0.2) is 18.2 Å². The van der Waals surface area contributed by atoms with Gasteiger partial charge in [-0.3, -0.25) is 4.79 Å². The highest BCUT2D eigenvalue weighted by molar-refractivity contribution is 9.09. The Morgan fingerprint density at radius 2 is 2.31 bits per heavy atom. The summed E-state index contributed by atoms with van der Waals surface area (Å²) in [5, 5.41) is 0.921. The smallest absolute Gasteiger partial charge is 0.230 e. The third-order valence-electron chi connectivity index (χ3n) is 2.72. The minimum atomic E-state index is 0.106. The van der Waals surface area contributed by atoms with Crippen molar-refractivity contribution in [2.45, 2.75) is 12.8 Å². The van der Waals surface area contributed by atoms with E-state index in [0.29, 0.717) is 13.0 Å². The van der Waals surface area contributed by atoms with Crippen LogP contribution in [0.1, 0.15) is 12.0 Å². The number of halogens is 1. The molecule has 16 heavy (non-hydrogen) atoms. The molecule has 0 spiro atoms. The Kier molecular flexibility index (Phi) is 3.49. The zero-order valence-electron chi connectivity index (χ0n) is 9.20. The summed E-state index contributed by atoms with van der Waals surface area (Å²) in [6.07, 6.45) is 1.40. The van der Waals surface area contributed by atoms with E-state index in [9.17, 15) is 4.79 Å². The summed E-state index contributed by atoms with van der Waals surface area (Å²) in [4.78, 5) is 13.4. The second-order valence-electron chi connectivity index (χ2n) is 3.79. The van der Waals surface area contributed by atoms with Crippen molar-refractivity contribution in [2.24, 2.45) is 0 Å². The fourth-order valence-electron chi connectivity index (χ4n) is 1.76. The number of nitrogens with zero attached hydrogens (tertiary/aromatic N) is 1. The Bertz CT molecular complexity index is 406. The maximum absolute atomic E-state index is 11.7. The molecule has 1 heterocycles. The number of anilines is 1. The third kappa shape index (κ3) is 2.21. The molecule has 0 fully saturated rings. The van der Waals surface area contributed by atoms with E-state index in [1.165, 1.54) is 5.56 Å². The predicted octanol–water partition coefficient (Wildman–Crippen LogP) is 2.37. The summed E-state index contributed by atoms with van der Waals surface area (Å²) in [6.45, 7) is 0.466. The highest BCUT2D eigenvalue weighted by Crippen LogP contribution is 2.31. The van der Waals surface area contributed by atoms with Gasteiger partial charge in [0.2, 0.25) is 5.91 Å². The molecule has 0 atom stereocenters. The SMILES string of the molecule is CN1C(=O)CCOc2ccc(CCBr)cc21. The molecule has 0 radical (unpaired) electrons. The van der Waals surface area contributed by atoms with E-state index in [0.717, 1.165) is 23.2 Å². The summed E-state index contributed by atoms with van der Waals surface area (Å²) in [6, 6.07) is 6.02. The Morgan fingerprint density at radius 1 is 1.50 bits per heavy atom. The van der Waals surface area contributed by atoms with Crippen LogP contribution in [0.25, 0.3) is 0 Å². The number of alkyl halides is 1. The third-order valence-corrected chi connectivity index (χ3v) is 3.11. The molecule has 86 valence electrons. The first-order chi connectivity index (χ1) is 7.72. The Morgan fingerprint density at radius 3 is 3.06 bits per heavy atom. The molecule has 1 aliphatic rings. The van der Waals surface area contributed by atoms with Crippen LogP contribution in [0.4, 0.5) is 5.69 Å². The highest BCUT2D eigenvalue weighted by Gasteiger charge is 2.19. The monoisotopic (exact) mass is 283 g/mol. The van der Waals surface area contributed by atoms with E-state index in [1.54, 1.807) is 11.9 Å². The van der Waals surface area contributed by atoms with Crippen molar-refractivity contribution >= 4 is 27.5 Å². The largest absolute Gasteiger partial charge is 0.491 e. The number of ether oxygens (including phenoxy) is 1. The van der Waals surface area contributed by atoms with Gasteiger partial charge in [0.05, 0.1) is 18.7 Å². The van der Waals surface area contributed by atoms with Gasteiger partial charge in [0, 0.05) is 12.4 Å². The van der Waals surface area contributed by atoms with Crippen LogP contribution < -0.4 is 9.64 Å². The van der Waals surface area contributed by atoms with Crippen LogP contribution in [0.3, 0.4) is 0 Å². The molecule has 1 amide bonds. The van der Waals surface area contributed by atoms with Crippen LogP contribution in [-0.4, -0.2) is 24.9 Å². The number of aryl methyl sites for hydroxylation is 1. The van der Waals surface area contributed by atoms with Gasteiger partial charge in [-0.15, -0.1) is 0 Å². The average molecular weight is 284 g/mol. The summed E-state index contributed by atoms with van der Waals surface area (Å²) < 4.78 is 5.55. The molecule has 0 saturated carbocycles. The number of rotatable bonds is 2. The van der Waals surface area contributed by atoms with Crippen molar-refractivity contribution in [2.75, 3.05) is 23.9 Å². The lowest BCUT2D eigenvalue weighted by molar-refractivity contribution is -0.118. The molecule has 4 heteroatoms. The highest BCUT2D eigenvalue weighted by atomic mass is 79.9. The second kappa shape index (κ2) is 4.87. The fraction of sp³-hybridized carbons (Fsp3) is 0.417. The molecule has 2 rings (SSSR count). The summed E-state index contributed by atoms with van der Waals surface area (Å²) in [5.74, 6) is 0.904. The first-order valence-electron chi connectivity index (χ1n) is 5.30. The van der Waals surface area contributed by atoms with E-state index < -0.39 is 0 Å². The summed E-state index contributed by atoms with van der Waals surface area (Å²) in [7, 11) is 1.80. The maximum Gasteiger partial charge on any atom is 0.230 e. The van der Waals surface area contributed by atoms with Crippen molar-refractivity contribution in [1.82, 2.24) is 0 Å². The number of carbonyl (C=O) groups is 1. The maximum atomic E-state index is 11.7. The van der Waals surface area contributed by atoms with E-state index in [4.69, 9.17) is 4.74 Å². The van der Waals surface area contributed by atoms with E-state index in [2.05, 4.69) is 15.9 Å². The van der Waals surface area contributed by atoms with Gasteiger partial charge in [0.25, 0.3) is 0 Å². The second-order valence-corrected chi connectivity index (χ2v) is 4.59. The first-order valence-corrected chi connectivity index (χ1v) is 6.43. The van der Waals surface area contributed by atoms with Gasteiger partial charge in [-0.1, -0.05) is 22.0 Å². The Hall–Kier alpha value is -1.03. The number of benzene rings is 1. The van der Waals surface area contributed by atoms with Crippen LogP contribution in [-0.2, 0) is 11.2 Å². The molecule has 1 aliphatic heterocycles. The standard InChI is InChI=1S/C12H14BrNO2/c1-14-10-8-9(4-6-13)2-3-11(10)16-7-5-12(14)15/h2-3,8H,4-7H2,1H3. The number of carbonyl (C=O) groups excluding carboxylic acids is 1. The van der Waals surface area contributed by atoms with Crippen molar-refractivity contribution in [3.63, 3.8) is 0 Å².